The lowest BCUT2D eigenvalue weighted by atomic mass is 10.1. The van der Waals surface area contributed by atoms with Crippen molar-refractivity contribution in [2.75, 3.05) is 11.9 Å². The van der Waals surface area contributed by atoms with Crippen molar-refractivity contribution in [3.8, 4) is 5.75 Å². The highest BCUT2D eigenvalue weighted by Gasteiger charge is 2.18. The molecule has 0 aliphatic heterocycles. The molecule has 2 aromatic carbocycles. The van der Waals surface area contributed by atoms with Crippen LogP contribution in [0.25, 0.3) is 0 Å². The van der Waals surface area contributed by atoms with Gasteiger partial charge in [-0.05, 0) is 36.2 Å². The second-order valence-electron chi connectivity index (χ2n) is 4.71. The number of hydrogen-bond acceptors (Lipinski definition) is 3. The Bertz CT molecular complexity index is 638. The lowest BCUT2D eigenvalue weighted by Gasteiger charge is -2.19. The van der Waals surface area contributed by atoms with E-state index in [-0.39, 0.29) is 11.7 Å². The molecule has 0 heterocycles. The van der Waals surface area contributed by atoms with E-state index in [4.69, 9.17) is 5.73 Å². The maximum atomic E-state index is 12.5. The molecule has 4 heteroatoms. The highest BCUT2D eigenvalue weighted by atomic mass is 16.3. The van der Waals surface area contributed by atoms with Gasteiger partial charge in [0, 0.05) is 19.3 Å². The van der Waals surface area contributed by atoms with Crippen molar-refractivity contribution in [1.29, 1.82) is 0 Å². The van der Waals surface area contributed by atoms with E-state index in [0.717, 1.165) is 11.3 Å². The highest BCUT2D eigenvalue weighted by molar-refractivity contribution is 6.07. The summed E-state index contributed by atoms with van der Waals surface area (Å²) in [4.78, 5) is 14.0. The molecule has 0 fully saturated rings. The standard InChI is InChI=1S/C16H18N2O2/c1-11-5-3-8-14(15(11)19)16(20)18(2)13-7-4-6-12(9-13)10-17/h3-9,19H,10,17H2,1-2H3. The molecule has 0 unspecified atom stereocenters. The van der Waals surface area contributed by atoms with E-state index in [9.17, 15) is 9.90 Å². The Kier molecular flexibility index (Phi) is 4.05. The molecule has 3 N–H and O–H groups in total. The van der Waals surface area contributed by atoms with E-state index < -0.39 is 0 Å². The number of nitrogens with two attached hydrogens (primary N) is 1. The minimum Gasteiger partial charge on any atom is -0.507 e. The van der Waals surface area contributed by atoms with Crippen LogP contribution in [0.5, 0.6) is 5.75 Å². The van der Waals surface area contributed by atoms with Crippen LogP contribution in [0, 0.1) is 6.92 Å². The van der Waals surface area contributed by atoms with Gasteiger partial charge in [-0.3, -0.25) is 4.79 Å². The smallest absolute Gasteiger partial charge is 0.261 e. The van der Waals surface area contributed by atoms with Gasteiger partial charge in [-0.1, -0.05) is 24.3 Å². The van der Waals surface area contributed by atoms with Crippen LogP contribution in [0.4, 0.5) is 5.69 Å². The molecule has 4 nitrogen and oxygen atoms in total. The first-order valence-electron chi connectivity index (χ1n) is 6.40. The Morgan fingerprint density at radius 2 is 1.95 bits per heavy atom. The maximum absolute atomic E-state index is 12.5. The Morgan fingerprint density at radius 3 is 2.65 bits per heavy atom. The molecule has 20 heavy (non-hydrogen) atoms. The van der Waals surface area contributed by atoms with Crippen LogP contribution in [0.2, 0.25) is 0 Å². The molecular weight excluding hydrogens is 252 g/mol. The normalized spacial score (nSPS) is 10.3. The molecular formula is C16H18N2O2. The Balaban J connectivity index is 2.35. The Hall–Kier alpha value is -2.33. The van der Waals surface area contributed by atoms with Gasteiger partial charge in [-0.15, -0.1) is 0 Å². The quantitative estimate of drug-likeness (QED) is 0.900. The monoisotopic (exact) mass is 270 g/mol. The minimum atomic E-state index is -0.250. The summed E-state index contributed by atoms with van der Waals surface area (Å²) in [6.07, 6.45) is 0. The van der Waals surface area contributed by atoms with Crippen molar-refractivity contribution in [1.82, 2.24) is 0 Å². The van der Waals surface area contributed by atoms with E-state index in [1.165, 1.54) is 4.90 Å². The molecule has 0 atom stereocenters. The molecule has 0 aliphatic carbocycles. The fraction of sp³-hybridized carbons (Fsp3) is 0.188. The van der Waals surface area contributed by atoms with E-state index in [1.54, 1.807) is 32.2 Å². The first-order chi connectivity index (χ1) is 9.54. The molecule has 0 aliphatic rings. The number of phenols is 1. The number of benzene rings is 2. The third-order valence-corrected chi connectivity index (χ3v) is 3.31. The number of rotatable bonds is 3. The third kappa shape index (κ3) is 2.65. The topological polar surface area (TPSA) is 66.6 Å². The van der Waals surface area contributed by atoms with Gasteiger partial charge < -0.3 is 15.7 Å². The second kappa shape index (κ2) is 5.75. The maximum Gasteiger partial charge on any atom is 0.261 e. The summed E-state index contributed by atoms with van der Waals surface area (Å²) in [6.45, 7) is 2.19. The summed E-state index contributed by atoms with van der Waals surface area (Å²) in [5, 5.41) is 10.00. The zero-order valence-electron chi connectivity index (χ0n) is 11.6. The van der Waals surface area contributed by atoms with Gasteiger partial charge in [0.25, 0.3) is 5.91 Å². The van der Waals surface area contributed by atoms with Crippen molar-refractivity contribution >= 4 is 11.6 Å². The number of aromatic hydroxyl groups is 1. The first kappa shape index (κ1) is 14.1. The Morgan fingerprint density at radius 1 is 1.25 bits per heavy atom. The number of aryl methyl sites for hydroxylation is 1. The minimum absolute atomic E-state index is 0.0272. The van der Waals surface area contributed by atoms with Crippen LogP contribution in [-0.2, 0) is 6.54 Å². The van der Waals surface area contributed by atoms with Crippen molar-refractivity contribution in [2.45, 2.75) is 13.5 Å². The largest absolute Gasteiger partial charge is 0.507 e. The zero-order chi connectivity index (χ0) is 14.7. The van der Waals surface area contributed by atoms with Crippen molar-refractivity contribution in [3.05, 3.63) is 59.2 Å². The average Bonchev–Trinajstić information content (AvgIpc) is 2.48. The third-order valence-electron chi connectivity index (χ3n) is 3.31. The number of carbonyl (C=O) groups excluding carboxylic acids is 1. The fourth-order valence-electron chi connectivity index (χ4n) is 2.02. The molecule has 0 saturated carbocycles. The van der Waals surface area contributed by atoms with Crippen molar-refractivity contribution < 1.29 is 9.90 Å². The molecule has 0 spiro atoms. The number of nitrogens with zero attached hydrogens (tertiary/aromatic N) is 1. The van der Waals surface area contributed by atoms with Gasteiger partial charge in [0.1, 0.15) is 5.75 Å². The second-order valence-corrected chi connectivity index (χ2v) is 4.71. The van der Waals surface area contributed by atoms with Crippen LogP contribution in [0.1, 0.15) is 21.5 Å². The molecule has 0 saturated heterocycles. The Labute approximate surface area is 118 Å². The highest BCUT2D eigenvalue weighted by Crippen LogP contribution is 2.25. The lowest BCUT2D eigenvalue weighted by molar-refractivity contribution is 0.0990. The van der Waals surface area contributed by atoms with E-state index >= 15 is 0 Å². The van der Waals surface area contributed by atoms with E-state index in [0.29, 0.717) is 17.7 Å². The summed E-state index contributed by atoms with van der Waals surface area (Å²) in [5.41, 5.74) is 8.29. The van der Waals surface area contributed by atoms with E-state index in [2.05, 4.69) is 0 Å². The zero-order valence-corrected chi connectivity index (χ0v) is 11.6. The van der Waals surface area contributed by atoms with Crippen LogP contribution in [-0.4, -0.2) is 18.1 Å². The van der Waals surface area contributed by atoms with Crippen molar-refractivity contribution in [3.63, 3.8) is 0 Å². The molecule has 0 bridgehead atoms. The van der Waals surface area contributed by atoms with Crippen LogP contribution < -0.4 is 10.6 Å². The molecule has 1 amide bonds. The van der Waals surface area contributed by atoms with Gasteiger partial charge in [-0.25, -0.2) is 0 Å². The van der Waals surface area contributed by atoms with E-state index in [1.807, 2.05) is 24.3 Å². The summed E-state index contributed by atoms with van der Waals surface area (Å²) < 4.78 is 0. The summed E-state index contributed by atoms with van der Waals surface area (Å²) in [7, 11) is 1.68. The first-order valence-corrected chi connectivity index (χ1v) is 6.40. The van der Waals surface area contributed by atoms with Crippen molar-refractivity contribution in [2.24, 2.45) is 5.73 Å². The summed E-state index contributed by atoms with van der Waals surface area (Å²) >= 11 is 0. The molecule has 0 radical (unpaired) electrons. The number of phenolic OH excluding ortho intramolecular Hbond substituents is 1. The number of anilines is 1. The number of carbonyl (C=O) groups is 1. The van der Waals surface area contributed by atoms with Gasteiger partial charge >= 0.3 is 0 Å². The van der Waals surface area contributed by atoms with Crippen LogP contribution in [0.3, 0.4) is 0 Å². The lowest BCUT2D eigenvalue weighted by Crippen LogP contribution is -2.26. The summed E-state index contributed by atoms with van der Waals surface area (Å²) in [6, 6.07) is 12.6. The van der Waals surface area contributed by atoms with Crippen LogP contribution in [0.15, 0.2) is 42.5 Å². The number of amides is 1. The van der Waals surface area contributed by atoms with Gasteiger partial charge in [0.15, 0.2) is 0 Å². The summed E-state index contributed by atoms with van der Waals surface area (Å²) in [5.74, 6) is -0.222. The van der Waals surface area contributed by atoms with Gasteiger partial charge in [0.05, 0.1) is 5.56 Å². The average molecular weight is 270 g/mol. The van der Waals surface area contributed by atoms with Gasteiger partial charge in [-0.2, -0.15) is 0 Å². The molecule has 0 aromatic heterocycles. The molecule has 2 aromatic rings. The number of para-hydroxylation sites is 1. The predicted molar refractivity (Wildman–Crippen MR) is 79.9 cm³/mol. The number of hydrogen-bond donors (Lipinski definition) is 2. The van der Waals surface area contributed by atoms with Crippen LogP contribution >= 0.6 is 0 Å². The predicted octanol–water partition coefficient (Wildman–Crippen LogP) is 2.44. The fourth-order valence-corrected chi connectivity index (χ4v) is 2.02. The van der Waals surface area contributed by atoms with Gasteiger partial charge in [0.2, 0.25) is 0 Å². The molecule has 2 rings (SSSR count). The molecule has 104 valence electrons. The SMILES string of the molecule is Cc1cccc(C(=O)N(C)c2cccc(CN)c2)c1O.